The quantitative estimate of drug-likeness (QED) is 0.876. The van der Waals surface area contributed by atoms with Gasteiger partial charge in [0.1, 0.15) is 0 Å². The Morgan fingerprint density at radius 1 is 1.16 bits per heavy atom. The van der Waals surface area contributed by atoms with Crippen LogP contribution in [0.2, 0.25) is 10.0 Å². The number of benzene rings is 2. The Labute approximate surface area is 123 Å². The van der Waals surface area contributed by atoms with E-state index in [1.54, 1.807) is 6.07 Å². The molecule has 3 N–H and O–H groups in total. The van der Waals surface area contributed by atoms with Crippen LogP contribution in [0, 0.1) is 6.92 Å². The second-order valence-electron chi connectivity index (χ2n) is 4.41. The van der Waals surface area contributed by atoms with Crippen LogP contribution in [-0.2, 0) is 0 Å². The zero-order valence-electron chi connectivity index (χ0n) is 10.7. The van der Waals surface area contributed by atoms with Crippen LogP contribution in [-0.4, -0.2) is 6.54 Å². The first kappa shape index (κ1) is 14.2. The molecule has 100 valence electrons. The third kappa shape index (κ3) is 3.41. The van der Waals surface area contributed by atoms with E-state index < -0.39 is 0 Å². The number of hydrogen-bond donors (Lipinski definition) is 2. The number of para-hydroxylation sites is 1. The lowest BCUT2D eigenvalue weighted by Gasteiger charge is -2.21. The first-order valence-electron chi connectivity index (χ1n) is 6.09. The highest BCUT2D eigenvalue weighted by molar-refractivity contribution is 6.35. The minimum absolute atomic E-state index is 0.0362. The summed E-state index contributed by atoms with van der Waals surface area (Å²) in [6, 6.07) is 13.5. The Kier molecular flexibility index (Phi) is 4.70. The molecule has 0 saturated carbocycles. The molecule has 0 aliphatic carbocycles. The van der Waals surface area contributed by atoms with Gasteiger partial charge in [-0.05, 0) is 36.2 Å². The average Bonchev–Trinajstić information content (AvgIpc) is 2.39. The molecular weight excluding hydrogens is 279 g/mol. The molecule has 2 rings (SSSR count). The Morgan fingerprint density at radius 3 is 2.53 bits per heavy atom. The standard InChI is InChI=1S/C15H16Cl2N2/c1-10-4-2-3-5-14(10)19-15(9-18)12-7-6-11(16)8-13(12)17/h2-8,15,19H,9,18H2,1H3. The number of anilines is 1. The molecule has 0 bridgehead atoms. The Bertz CT molecular complexity index is 570. The Morgan fingerprint density at radius 2 is 1.89 bits per heavy atom. The van der Waals surface area contributed by atoms with Gasteiger partial charge in [0.15, 0.2) is 0 Å². The number of rotatable bonds is 4. The van der Waals surface area contributed by atoms with Crippen LogP contribution in [0.4, 0.5) is 5.69 Å². The van der Waals surface area contributed by atoms with Gasteiger partial charge < -0.3 is 11.1 Å². The van der Waals surface area contributed by atoms with Crippen molar-refractivity contribution in [2.45, 2.75) is 13.0 Å². The summed E-state index contributed by atoms with van der Waals surface area (Å²) in [5.41, 5.74) is 9.04. The predicted octanol–water partition coefficient (Wildman–Crippen LogP) is 4.41. The molecule has 1 atom stereocenters. The molecule has 0 aliphatic heterocycles. The van der Waals surface area contributed by atoms with Gasteiger partial charge in [-0.2, -0.15) is 0 Å². The molecule has 0 fully saturated rings. The monoisotopic (exact) mass is 294 g/mol. The molecule has 0 heterocycles. The second-order valence-corrected chi connectivity index (χ2v) is 5.26. The maximum Gasteiger partial charge on any atom is 0.0650 e. The molecular formula is C15H16Cl2N2. The van der Waals surface area contributed by atoms with Gasteiger partial charge in [0.05, 0.1) is 6.04 Å². The minimum atomic E-state index is -0.0362. The van der Waals surface area contributed by atoms with E-state index in [0.717, 1.165) is 11.3 Å². The molecule has 1 unspecified atom stereocenters. The van der Waals surface area contributed by atoms with Crippen molar-refractivity contribution in [3.05, 3.63) is 63.6 Å². The van der Waals surface area contributed by atoms with Gasteiger partial charge in [-0.25, -0.2) is 0 Å². The summed E-state index contributed by atoms with van der Waals surface area (Å²) < 4.78 is 0. The topological polar surface area (TPSA) is 38.0 Å². The molecule has 2 aromatic rings. The van der Waals surface area contributed by atoms with Gasteiger partial charge in [0.2, 0.25) is 0 Å². The summed E-state index contributed by atoms with van der Waals surface area (Å²) in [6.07, 6.45) is 0. The van der Waals surface area contributed by atoms with E-state index >= 15 is 0 Å². The molecule has 2 aromatic carbocycles. The SMILES string of the molecule is Cc1ccccc1NC(CN)c1ccc(Cl)cc1Cl. The fraction of sp³-hybridized carbons (Fsp3) is 0.200. The van der Waals surface area contributed by atoms with Gasteiger partial charge in [0.25, 0.3) is 0 Å². The normalized spacial score (nSPS) is 12.2. The van der Waals surface area contributed by atoms with Gasteiger partial charge in [-0.15, -0.1) is 0 Å². The van der Waals surface area contributed by atoms with Crippen LogP contribution in [0.1, 0.15) is 17.2 Å². The van der Waals surface area contributed by atoms with Gasteiger partial charge >= 0.3 is 0 Å². The van der Waals surface area contributed by atoms with Crippen LogP contribution in [0.5, 0.6) is 0 Å². The first-order valence-corrected chi connectivity index (χ1v) is 6.84. The predicted molar refractivity (Wildman–Crippen MR) is 83.1 cm³/mol. The maximum atomic E-state index is 6.23. The highest BCUT2D eigenvalue weighted by atomic mass is 35.5. The van der Waals surface area contributed by atoms with Crippen molar-refractivity contribution >= 4 is 28.9 Å². The summed E-state index contributed by atoms with van der Waals surface area (Å²) in [7, 11) is 0. The van der Waals surface area contributed by atoms with Crippen molar-refractivity contribution in [3.63, 3.8) is 0 Å². The smallest absolute Gasteiger partial charge is 0.0650 e. The minimum Gasteiger partial charge on any atom is -0.377 e. The van der Waals surface area contributed by atoms with Crippen molar-refractivity contribution < 1.29 is 0 Å². The summed E-state index contributed by atoms with van der Waals surface area (Å²) in [4.78, 5) is 0. The highest BCUT2D eigenvalue weighted by Crippen LogP contribution is 2.29. The van der Waals surface area contributed by atoms with Crippen molar-refractivity contribution in [2.24, 2.45) is 5.73 Å². The van der Waals surface area contributed by atoms with E-state index in [2.05, 4.69) is 18.3 Å². The molecule has 2 nitrogen and oxygen atoms in total. The zero-order valence-corrected chi connectivity index (χ0v) is 12.2. The lowest BCUT2D eigenvalue weighted by atomic mass is 10.1. The van der Waals surface area contributed by atoms with Crippen molar-refractivity contribution in [3.8, 4) is 0 Å². The van der Waals surface area contributed by atoms with E-state index in [0.29, 0.717) is 16.6 Å². The summed E-state index contributed by atoms with van der Waals surface area (Å²) in [5, 5.41) is 4.68. The molecule has 0 aromatic heterocycles. The van der Waals surface area contributed by atoms with Gasteiger partial charge in [-0.1, -0.05) is 47.5 Å². The van der Waals surface area contributed by atoms with Crippen LogP contribution in [0.15, 0.2) is 42.5 Å². The number of aryl methyl sites for hydroxylation is 1. The first-order chi connectivity index (χ1) is 9.11. The highest BCUT2D eigenvalue weighted by Gasteiger charge is 2.14. The molecule has 0 aliphatic rings. The fourth-order valence-corrected chi connectivity index (χ4v) is 2.51. The number of halogens is 2. The average molecular weight is 295 g/mol. The molecule has 0 spiro atoms. The summed E-state index contributed by atoms with van der Waals surface area (Å²) in [5.74, 6) is 0. The van der Waals surface area contributed by atoms with E-state index in [4.69, 9.17) is 28.9 Å². The maximum absolute atomic E-state index is 6.23. The molecule has 19 heavy (non-hydrogen) atoms. The van der Waals surface area contributed by atoms with Crippen molar-refractivity contribution in [2.75, 3.05) is 11.9 Å². The molecule has 0 radical (unpaired) electrons. The van der Waals surface area contributed by atoms with Crippen molar-refractivity contribution in [1.29, 1.82) is 0 Å². The molecule has 0 amide bonds. The van der Waals surface area contributed by atoms with Crippen LogP contribution in [0.25, 0.3) is 0 Å². The van der Waals surface area contributed by atoms with E-state index in [9.17, 15) is 0 Å². The summed E-state index contributed by atoms with van der Waals surface area (Å²) in [6.45, 7) is 2.51. The van der Waals surface area contributed by atoms with Crippen LogP contribution >= 0.6 is 23.2 Å². The third-order valence-electron chi connectivity index (χ3n) is 3.05. The number of hydrogen-bond acceptors (Lipinski definition) is 2. The fourth-order valence-electron chi connectivity index (χ4n) is 1.97. The number of nitrogens with two attached hydrogens (primary N) is 1. The van der Waals surface area contributed by atoms with Crippen LogP contribution in [0.3, 0.4) is 0 Å². The van der Waals surface area contributed by atoms with E-state index in [1.807, 2.05) is 30.3 Å². The lowest BCUT2D eigenvalue weighted by molar-refractivity contribution is 0.789. The second kappa shape index (κ2) is 6.29. The Balaban J connectivity index is 2.28. The largest absolute Gasteiger partial charge is 0.377 e. The third-order valence-corrected chi connectivity index (χ3v) is 3.61. The number of nitrogens with one attached hydrogen (secondary N) is 1. The zero-order chi connectivity index (χ0) is 13.8. The van der Waals surface area contributed by atoms with Gasteiger partial charge in [-0.3, -0.25) is 0 Å². The molecule has 4 heteroatoms. The van der Waals surface area contributed by atoms with Crippen LogP contribution < -0.4 is 11.1 Å². The van der Waals surface area contributed by atoms with E-state index in [-0.39, 0.29) is 6.04 Å². The lowest BCUT2D eigenvalue weighted by Crippen LogP contribution is -2.21. The van der Waals surface area contributed by atoms with Crippen molar-refractivity contribution in [1.82, 2.24) is 0 Å². The molecule has 0 saturated heterocycles. The van der Waals surface area contributed by atoms with E-state index in [1.165, 1.54) is 5.56 Å². The Hall–Kier alpha value is -1.22. The summed E-state index contributed by atoms with van der Waals surface area (Å²) >= 11 is 12.1. The van der Waals surface area contributed by atoms with Gasteiger partial charge in [0, 0.05) is 22.3 Å².